The molecule has 3 fully saturated rings. The molecule has 5 rings (SSSR count). The molecule has 1 aromatic rings. The fraction of sp³-hybridized carbons (Fsp3) is 0.652. The molecule has 3 N–H and O–H groups in total. The number of nitrogens with one attached hydrogen (secondary N) is 1. The molecule has 7 unspecified atom stereocenters. The standard InChI is InChI=1S/C23H29NO4/c1-21-9-8-19(26)22(2,20(27)28)17(21)7-10-23-12-15(16(25)11-18(21)23)24-14-6-4-3-5-13(14)23/h3-6,15,17-19,24,26H,7-12H2,1-2H3,(H,27,28). The Morgan fingerprint density at radius 2 is 1.89 bits per heavy atom. The lowest BCUT2D eigenvalue weighted by Gasteiger charge is -2.66. The lowest BCUT2D eigenvalue weighted by Crippen LogP contribution is -2.66. The van der Waals surface area contributed by atoms with Gasteiger partial charge in [0.15, 0.2) is 5.78 Å². The van der Waals surface area contributed by atoms with Crippen LogP contribution in [0.1, 0.15) is 57.9 Å². The van der Waals surface area contributed by atoms with Crippen molar-refractivity contribution in [1.29, 1.82) is 0 Å². The van der Waals surface area contributed by atoms with Gasteiger partial charge in [0.2, 0.25) is 0 Å². The van der Waals surface area contributed by atoms with Crippen molar-refractivity contribution in [2.45, 2.75) is 69.9 Å². The maximum atomic E-state index is 13.0. The van der Waals surface area contributed by atoms with Crippen molar-refractivity contribution in [2.24, 2.45) is 22.7 Å². The molecule has 0 radical (unpaired) electrons. The maximum absolute atomic E-state index is 13.0. The molecular weight excluding hydrogens is 354 g/mol. The lowest BCUT2D eigenvalue weighted by molar-refractivity contribution is -0.197. The van der Waals surface area contributed by atoms with Gasteiger partial charge in [-0.05, 0) is 67.9 Å². The maximum Gasteiger partial charge on any atom is 0.312 e. The number of Topliss-reactive ketones (excluding diaryl/α,β-unsaturated/α-hetero) is 1. The average Bonchev–Trinajstić information content (AvgIpc) is 2.67. The van der Waals surface area contributed by atoms with Crippen LogP contribution in [0.2, 0.25) is 0 Å². The topological polar surface area (TPSA) is 86.6 Å². The van der Waals surface area contributed by atoms with Crippen LogP contribution in [0.25, 0.3) is 0 Å². The summed E-state index contributed by atoms with van der Waals surface area (Å²) in [6.45, 7) is 3.93. The molecule has 5 heteroatoms. The van der Waals surface area contributed by atoms with Crippen molar-refractivity contribution < 1.29 is 19.8 Å². The zero-order chi connectivity index (χ0) is 19.9. The number of carbonyl (C=O) groups excluding carboxylic acids is 1. The van der Waals surface area contributed by atoms with E-state index in [9.17, 15) is 19.8 Å². The zero-order valence-corrected chi connectivity index (χ0v) is 16.6. The molecule has 3 saturated carbocycles. The number of hydrogen-bond donors (Lipinski definition) is 3. The normalized spacial score (nSPS) is 46.6. The largest absolute Gasteiger partial charge is 0.481 e. The van der Waals surface area contributed by atoms with Crippen molar-refractivity contribution in [3.8, 4) is 0 Å². The number of benzene rings is 1. The summed E-state index contributed by atoms with van der Waals surface area (Å²) in [6, 6.07) is 8.21. The number of ketones is 1. The Kier molecular flexibility index (Phi) is 3.63. The van der Waals surface area contributed by atoms with E-state index in [-0.39, 0.29) is 34.5 Å². The van der Waals surface area contributed by atoms with E-state index in [1.807, 2.05) is 6.07 Å². The first-order chi connectivity index (χ1) is 13.2. The molecule has 5 nitrogen and oxygen atoms in total. The fourth-order valence-electron chi connectivity index (χ4n) is 7.67. The molecule has 7 atom stereocenters. The molecule has 0 aromatic heterocycles. The molecule has 0 amide bonds. The molecule has 1 spiro atoms. The monoisotopic (exact) mass is 383 g/mol. The van der Waals surface area contributed by atoms with Gasteiger partial charge in [-0.15, -0.1) is 0 Å². The summed E-state index contributed by atoms with van der Waals surface area (Å²) in [5, 5.41) is 24.2. The number of anilines is 1. The minimum absolute atomic E-state index is 0.0760. The Balaban J connectivity index is 1.67. The Morgan fingerprint density at radius 3 is 2.64 bits per heavy atom. The second-order valence-corrected chi connectivity index (χ2v) is 10.1. The summed E-state index contributed by atoms with van der Waals surface area (Å²) in [5.41, 5.74) is 0.867. The minimum Gasteiger partial charge on any atom is -0.481 e. The van der Waals surface area contributed by atoms with Crippen LogP contribution >= 0.6 is 0 Å². The summed E-state index contributed by atoms with van der Waals surface area (Å²) >= 11 is 0. The number of carbonyl (C=O) groups is 2. The summed E-state index contributed by atoms with van der Waals surface area (Å²) in [6.07, 6.45) is 3.41. The highest BCUT2D eigenvalue weighted by atomic mass is 16.4. The van der Waals surface area contributed by atoms with Gasteiger partial charge >= 0.3 is 5.97 Å². The first kappa shape index (κ1) is 18.2. The van der Waals surface area contributed by atoms with Gasteiger partial charge in [-0.3, -0.25) is 9.59 Å². The van der Waals surface area contributed by atoms with Crippen molar-refractivity contribution >= 4 is 17.4 Å². The number of aliphatic hydroxyl groups is 1. The van der Waals surface area contributed by atoms with Crippen LogP contribution in [0.3, 0.4) is 0 Å². The first-order valence-electron chi connectivity index (χ1n) is 10.5. The lowest BCUT2D eigenvalue weighted by atomic mass is 9.38. The molecule has 1 aliphatic heterocycles. The highest BCUT2D eigenvalue weighted by Gasteiger charge is 2.68. The van der Waals surface area contributed by atoms with Crippen LogP contribution in [-0.2, 0) is 15.0 Å². The molecule has 2 bridgehead atoms. The molecule has 3 aliphatic carbocycles. The number of rotatable bonds is 1. The number of para-hydroxylation sites is 1. The van der Waals surface area contributed by atoms with Crippen molar-refractivity contribution in [1.82, 2.24) is 0 Å². The van der Waals surface area contributed by atoms with E-state index in [1.54, 1.807) is 6.92 Å². The minimum atomic E-state index is -1.15. The molecule has 4 aliphatic rings. The van der Waals surface area contributed by atoms with Crippen LogP contribution in [0.4, 0.5) is 5.69 Å². The van der Waals surface area contributed by atoms with E-state index in [0.29, 0.717) is 12.8 Å². The van der Waals surface area contributed by atoms with Crippen LogP contribution in [0, 0.1) is 22.7 Å². The van der Waals surface area contributed by atoms with Crippen LogP contribution in [0.5, 0.6) is 0 Å². The van der Waals surface area contributed by atoms with Crippen molar-refractivity contribution in [2.75, 3.05) is 5.32 Å². The second kappa shape index (κ2) is 5.59. The van der Waals surface area contributed by atoms with E-state index in [0.717, 1.165) is 31.4 Å². The van der Waals surface area contributed by atoms with Gasteiger partial charge in [0.25, 0.3) is 0 Å². The average molecular weight is 383 g/mol. The van der Waals surface area contributed by atoms with Crippen LogP contribution in [-0.4, -0.2) is 34.1 Å². The van der Waals surface area contributed by atoms with E-state index in [1.165, 1.54) is 5.56 Å². The Hall–Kier alpha value is -1.88. The quantitative estimate of drug-likeness (QED) is 0.692. The summed E-state index contributed by atoms with van der Waals surface area (Å²) in [4.78, 5) is 25.3. The highest BCUT2D eigenvalue weighted by molar-refractivity contribution is 5.90. The summed E-state index contributed by atoms with van der Waals surface area (Å²) in [5.74, 6) is -0.655. The molecular formula is C23H29NO4. The number of carboxylic acids is 1. The van der Waals surface area contributed by atoms with Gasteiger partial charge < -0.3 is 15.5 Å². The molecule has 28 heavy (non-hydrogen) atoms. The van der Waals surface area contributed by atoms with E-state index in [2.05, 4.69) is 30.4 Å². The predicted molar refractivity (Wildman–Crippen MR) is 105 cm³/mol. The van der Waals surface area contributed by atoms with Gasteiger partial charge in [-0.2, -0.15) is 0 Å². The summed E-state index contributed by atoms with van der Waals surface area (Å²) < 4.78 is 0. The zero-order valence-electron chi connectivity index (χ0n) is 16.6. The number of aliphatic carboxylic acids is 1. The number of carboxylic acid groups (broad SMARTS) is 1. The Morgan fingerprint density at radius 1 is 1.14 bits per heavy atom. The third-order valence-corrected chi connectivity index (χ3v) is 9.13. The number of fused-ring (bicyclic) bond motifs is 4. The van der Waals surface area contributed by atoms with Gasteiger partial charge in [0, 0.05) is 17.5 Å². The van der Waals surface area contributed by atoms with Gasteiger partial charge in [-0.25, -0.2) is 0 Å². The van der Waals surface area contributed by atoms with E-state index < -0.39 is 17.5 Å². The SMILES string of the molecule is CC12CCC(O)C(C)(C(=O)O)C1CCC13CC(Nc4ccccc41)C(=O)CC32. The van der Waals surface area contributed by atoms with Crippen molar-refractivity contribution in [3.05, 3.63) is 29.8 Å². The number of aliphatic hydroxyl groups excluding tert-OH is 1. The summed E-state index contributed by atoms with van der Waals surface area (Å²) in [7, 11) is 0. The molecule has 150 valence electrons. The molecule has 1 aromatic carbocycles. The van der Waals surface area contributed by atoms with Gasteiger partial charge in [0.1, 0.15) is 0 Å². The Bertz CT molecular complexity index is 868. The molecule has 1 heterocycles. The fourth-order valence-corrected chi connectivity index (χ4v) is 7.67. The Labute approximate surface area is 165 Å². The van der Waals surface area contributed by atoms with Crippen LogP contribution in [0.15, 0.2) is 24.3 Å². The van der Waals surface area contributed by atoms with Crippen molar-refractivity contribution in [3.63, 3.8) is 0 Å². The van der Waals surface area contributed by atoms with Crippen LogP contribution < -0.4 is 5.32 Å². The molecule has 0 saturated heterocycles. The van der Waals surface area contributed by atoms with Gasteiger partial charge in [-0.1, -0.05) is 25.1 Å². The van der Waals surface area contributed by atoms with E-state index in [4.69, 9.17) is 0 Å². The smallest absolute Gasteiger partial charge is 0.312 e. The third-order valence-electron chi connectivity index (χ3n) is 9.13. The third kappa shape index (κ3) is 2.01. The predicted octanol–water partition coefficient (Wildman–Crippen LogP) is 3.36. The van der Waals surface area contributed by atoms with Gasteiger partial charge in [0.05, 0.1) is 17.6 Å². The number of hydrogen-bond acceptors (Lipinski definition) is 4. The second-order valence-electron chi connectivity index (χ2n) is 10.1. The van der Waals surface area contributed by atoms with E-state index >= 15 is 0 Å². The first-order valence-corrected chi connectivity index (χ1v) is 10.5. The highest BCUT2D eigenvalue weighted by Crippen LogP contribution is 2.69.